The molecule has 1 N–H and O–H groups in total. The predicted molar refractivity (Wildman–Crippen MR) is 70.4 cm³/mol. The molecule has 0 radical (unpaired) electrons. The second kappa shape index (κ2) is 5.77. The predicted octanol–water partition coefficient (Wildman–Crippen LogP) is 3.54. The van der Waals surface area contributed by atoms with E-state index in [1.165, 1.54) is 17.7 Å². The van der Waals surface area contributed by atoms with Crippen molar-refractivity contribution in [3.8, 4) is 0 Å². The van der Waals surface area contributed by atoms with Crippen molar-refractivity contribution in [2.45, 2.75) is 25.5 Å². The van der Waals surface area contributed by atoms with Gasteiger partial charge in [-0.05, 0) is 50.8 Å². The Morgan fingerprint density at radius 3 is 3.00 bits per heavy atom. The van der Waals surface area contributed by atoms with Crippen molar-refractivity contribution in [3.05, 3.63) is 19.2 Å². The lowest BCUT2D eigenvalue weighted by molar-refractivity contribution is 0.110. The second-order valence-corrected chi connectivity index (χ2v) is 6.91. The summed E-state index contributed by atoms with van der Waals surface area (Å²) in [5.41, 5.74) is 0. The Kier molecular flexibility index (Phi) is 4.64. The molecule has 1 unspecified atom stereocenters. The van der Waals surface area contributed by atoms with Crippen LogP contribution in [0.5, 0.6) is 0 Å². The molecule has 0 amide bonds. The van der Waals surface area contributed by atoms with Gasteiger partial charge in [0, 0.05) is 29.0 Å². The van der Waals surface area contributed by atoms with Crippen LogP contribution in [0.1, 0.15) is 17.7 Å². The van der Waals surface area contributed by atoms with E-state index in [0.29, 0.717) is 6.10 Å². The number of rotatable bonds is 4. The van der Waals surface area contributed by atoms with Crippen LogP contribution < -0.4 is 5.32 Å². The van der Waals surface area contributed by atoms with E-state index in [1.807, 2.05) is 0 Å². The Morgan fingerprint density at radius 1 is 1.53 bits per heavy atom. The summed E-state index contributed by atoms with van der Waals surface area (Å²) in [6, 6.07) is 2.15. The molecule has 0 aromatic carbocycles. The lowest BCUT2D eigenvalue weighted by atomic mass is 10.2. The first kappa shape index (κ1) is 12.0. The molecule has 1 atom stereocenters. The third kappa shape index (κ3) is 3.53. The molecule has 1 saturated heterocycles. The van der Waals surface area contributed by atoms with Crippen LogP contribution in [0.3, 0.4) is 0 Å². The van der Waals surface area contributed by atoms with Crippen molar-refractivity contribution in [3.63, 3.8) is 0 Å². The molecule has 0 bridgehead atoms. The standard InChI is InChI=1S/C10H13Br2NOS/c11-9-4-8(15-10(9)12)6-13-5-7-2-1-3-14-7/h4,7,13H,1-3,5-6H2. The van der Waals surface area contributed by atoms with E-state index in [0.717, 1.165) is 28.0 Å². The van der Waals surface area contributed by atoms with Gasteiger partial charge < -0.3 is 10.1 Å². The van der Waals surface area contributed by atoms with Crippen molar-refractivity contribution in [1.82, 2.24) is 5.32 Å². The molecular weight excluding hydrogens is 342 g/mol. The van der Waals surface area contributed by atoms with E-state index < -0.39 is 0 Å². The topological polar surface area (TPSA) is 21.3 Å². The maximum Gasteiger partial charge on any atom is 0.0843 e. The number of halogens is 2. The number of hydrogen-bond donors (Lipinski definition) is 1. The summed E-state index contributed by atoms with van der Waals surface area (Å²) in [5, 5.41) is 3.43. The highest BCUT2D eigenvalue weighted by Gasteiger charge is 2.14. The minimum atomic E-state index is 0.428. The van der Waals surface area contributed by atoms with E-state index >= 15 is 0 Å². The molecular formula is C10H13Br2NOS. The van der Waals surface area contributed by atoms with E-state index in [4.69, 9.17) is 4.74 Å². The fourth-order valence-electron chi connectivity index (χ4n) is 1.64. The Balaban J connectivity index is 1.73. The summed E-state index contributed by atoms with van der Waals surface area (Å²) in [6.07, 6.45) is 2.84. The van der Waals surface area contributed by atoms with Crippen LogP contribution in [0.15, 0.2) is 14.3 Å². The zero-order valence-corrected chi connectivity index (χ0v) is 12.3. The fraction of sp³-hybridized carbons (Fsp3) is 0.600. The van der Waals surface area contributed by atoms with Gasteiger partial charge in [0.15, 0.2) is 0 Å². The van der Waals surface area contributed by atoms with Crippen molar-refractivity contribution in [2.75, 3.05) is 13.2 Å². The molecule has 1 aromatic heterocycles. The summed E-state index contributed by atoms with van der Waals surface area (Å²) >= 11 is 8.74. The molecule has 15 heavy (non-hydrogen) atoms. The maximum atomic E-state index is 5.54. The lowest BCUT2D eigenvalue weighted by Crippen LogP contribution is -2.25. The summed E-state index contributed by atoms with van der Waals surface area (Å²) in [4.78, 5) is 1.34. The third-order valence-corrected chi connectivity index (χ3v) is 5.65. The van der Waals surface area contributed by atoms with Crippen LogP contribution in [0.25, 0.3) is 0 Å². The summed E-state index contributed by atoms with van der Waals surface area (Å²) < 4.78 is 7.85. The van der Waals surface area contributed by atoms with Crippen molar-refractivity contribution >= 4 is 43.2 Å². The largest absolute Gasteiger partial charge is 0.377 e. The highest BCUT2D eigenvalue weighted by Crippen LogP contribution is 2.32. The van der Waals surface area contributed by atoms with Crippen LogP contribution in [0.2, 0.25) is 0 Å². The molecule has 0 saturated carbocycles. The van der Waals surface area contributed by atoms with Crippen molar-refractivity contribution in [1.29, 1.82) is 0 Å². The molecule has 2 heterocycles. The summed E-state index contributed by atoms with van der Waals surface area (Å²) in [7, 11) is 0. The Labute approximate surface area is 111 Å². The molecule has 1 fully saturated rings. The van der Waals surface area contributed by atoms with Crippen LogP contribution in [0.4, 0.5) is 0 Å². The van der Waals surface area contributed by atoms with Gasteiger partial charge in [-0.15, -0.1) is 11.3 Å². The Hall–Kier alpha value is 0.580. The third-order valence-electron chi connectivity index (χ3n) is 2.39. The number of hydrogen-bond acceptors (Lipinski definition) is 3. The van der Waals surface area contributed by atoms with Gasteiger partial charge in [0.25, 0.3) is 0 Å². The zero-order chi connectivity index (χ0) is 10.7. The van der Waals surface area contributed by atoms with Crippen LogP contribution in [0, 0.1) is 0 Å². The first-order valence-electron chi connectivity index (χ1n) is 5.02. The monoisotopic (exact) mass is 353 g/mol. The van der Waals surface area contributed by atoms with E-state index in [9.17, 15) is 0 Å². The Morgan fingerprint density at radius 2 is 2.40 bits per heavy atom. The number of ether oxygens (including phenoxy) is 1. The molecule has 5 heteroatoms. The van der Waals surface area contributed by atoms with E-state index in [2.05, 4.69) is 43.2 Å². The SMILES string of the molecule is Brc1cc(CNCC2CCCO2)sc1Br. The number of nitrogens with one attached hydrogen (secondary N) is 1. The van der Waals surface area contributed by atoms with Crippen molar-refractivity contribution < 1.29 is 4.74 Å². The van der Waals surface area contributed by atoms with E-state index in [-0.39, 0.29) is 0 Å². The highest BCUT2D eigenvalue weighted by molar-refractivity contribution is 9.13. The van der Waals surface area contributed by atoms with Gasteiger partial charge in [0.05, 0.1) is 9.89 Å². The quantitative estimate of drug-likeness (QED) is 0.892. The fourth-order valence-corrected chi connectivity index (χ4v) is 3.79. The van der Waals surface area contributed by atoms with Gasteiger partial charge in [-0.1, -0.05) is 0 Å². The maximum absolute atomic E-state index is 5.54. The first-order valence-corrected chi connectivity index (χ1v) is 7.42. The van der Waals surface area contributed by atoms with Gasteiger partial charge >= 0.3 is 0 Å². The molecule has 1 aliphatic heterocycles. The minimum Gasteiger partial charge on any atom is -0.377 e. The van der Waals surface area contributed by atoms with Gasteiger partial charge in [-0.3, -0.25) is 0 Å². The first-order chi connectivity index (χ1) is 7.25. The molecule has 1 aliphatic rings. The molecule has 2 nitrogen and oxygen atoms in total. The smallest absolute Gasteiger partial charge is 0.0843 e. The lowest BCUT2D eigenvalue weighted by Gasteiger charge is -2.09. The second-order valence-electron chi connectivity index (χ2n) is 3.60. The Bertz CT molecular complexity index is 304. The molecule has 0 aliphatic carbocycles. The highest BCUT2D eigenvalue weighted by atomic mass is 79.9. The molecule has 84 valence electrons. The van der Waals surface area contributed by atoms with Crippen molar-refractivity contribution in [2.24, 2.45) is 0 Å². The van der Waals surface area contributed by atoms with Gasteiger partial charge in [0.2, 0.25) is 0 Å². The average molecular weight is 355 g/mol. The summed E-state index contributed by atoms with van der Waals surface area (Å²) in [6.45, 7) is 2.82. The van der Waals surface area contributed by atoms with E-state index in [1.54, 1.807) is 11.3 Å². The van der Waals surface area contributed by atoms with Crippen LogP contribution in [-0.2, 0) is 11.3 Å². The van der Waals surface area contributed by atoms with Gasteiger partial charge in [0.1, 0.15) is 0 Å². The zero-order valence-electron chi connectivity index (χ0n) is 8.26. The van der Waals surface area contributed by atoms with Crippen LogP contribution in [-0.4, -0.2) is 19.3 Å². The number of thiophene rings is 1. The summed E-state index contributed by atoms with van der Waals surface area (Å²) in [5.74, 6) is 0. The van der Waals surface area contributed by atoms with Crippen LogP contribution >= 0.6 is 43.2 Å². The molecule has 2 rings (SSSR count). The van der Waals surface area contributed by atoms with Gasteiger partial charge in [-0.2, -0.15) is 0 Å². The minimum absolute atomic E-state index is 0.428. The molecule has 1 aromatic rings. The molecule has 0 spiro atoms. The normalized spacial score (nSPS) is 21.1. The van der Waals surface area contributed by atoms with Gasteiger partial charge in [-0.25, -0.2) is 0 Å². The average Bonchev–Trinajstić information content (AvgIpc) is 2.79.